The Morgan fingerprint density at radius 2 is 1.79 bits per heavy atom. The summed E-state index contributed by atoms with van der Waals surface area (Å²) in [5.74, 6) is 0. The van der Waals surface area contributed by atoms with E-state index in [0.29, 0.717) is 12.1 Å². The van der Waals surface area contributed by atoms with Crippen LogP contribution in [0.15, 0.2) is 0 Å². The minimum absolute atomic E-state index is 0.270. The first-order valence-electron chi connectivity index (χ1n) is 5.72. The summed E-state index contributed by atoms with van der Waals surface area (Å²) in [6, 6.07) is 0.575. The predicted octanol–water partition coefficient (Wildman–Crippen LogP) is 2.83. The third-order valence-electron chi connectivity index (χ3n) is 2.22. The molecule has 0 aromatic rings. The van der Waals surface area contributed by atoms with Crippen molar-refractivity contribution in [1.29, 1.82) is 0 Å². The zero-order valence-electron chi connectivity index (χ0n) is 10.7. The molecule has 0 fully saturated rings. The molecule has 0 bridgehead atoms. The second-order valence-electron chi connectivity index (χ2n) is 5.19. The van der Waals surface area contributed by atoms with Crippen molar-refractivity contribution in [3.05, 3.63) is 0 Å². The molecule has 1 atom stereocenters. The van der Waals surface area contributed by atoms with E-state index >= 15 is 0 Å². The molecule has 2 heteroatoms. The van der Waals surface area contributed by atoms with E-state index in [-0.39, 0.29) is 5.41 Å². The fraction of sp³-hybridized carbons (Fsp3) is 1.00. The van der Waals surface area contributed by atoms with Gasteiger partial charge >= 0.3 is 0 Å². The Morgan fingerprint density at radius 1 is 1.21 bits per heavy atom. The van der Waals surface area contributed by atoms with Gasteiger partial charge in [-0.15, -0.1) is 0 Å². The molecule has 1 unspecified atom stereocenters. The molecular weight excluding hydrogens is 174 g/mol. The lowest BCUT2D eigenvalue weighted by molar-refractivity contribution is 0.0150. The SMILES string of the molecule is CCNC(C)CC(C)(C)COC(C)C. The van der Waals surface area contributed by atoms with E-state index < -0.39 is 0 Å². The topological polar surface area (TPSA) is 21.3 Å². The van der Waals surface area contributed by atoms with Crippen LogP contribution in [0.2, 0.25) is 0 Å². The van der Waals surface area contributed by atoms with Crippen molar-refractivity contribution in [2.75, 3.05) is 13.2 Å². The molecule has 0 rings (SSSR count). The highest BCUT2D eigenvalue weighted by Gasteiger charge is 2.21. The van der Waals surface area contributed by atoms with Crippen LogP contribution in [0.1, 0.15) is 48.0 Å². The second kappa shape index (κ2) is 6.41. The summed E-state index contributed by atoms with van der Waals surface area (Å²) in [6.07, 6.45) is 1.50. The van der Waals surface area contributed by atoms with Crippen molar-refractivity contribution >= 4 is 0 Å². The molecule has 0 aromatic carbocycles. The highest BCUT2D eigenvalue weighted by Crippen LogP contribution is 2.23. The highest BCUT2D eigenvalue weighted by molar-refractivity contribution is 4.74. The Bertz CT molecular complexity index is 143. The van der Waals surface area contributed by atoms with Crippen LogP contribution in [0.3, 0.4) is 0 Å². The maximum absolute atomic E-state index is 5.66. The summed E-state index contributed by atoms with van der Waals surface area (Å²) < 4.78 is 5.66. The largest absolute Gasteiger partial charge is 0.378 e. The van der Waals surface area contributed by atoms with E-state index in [9.17, 15) is 0 Å². The van der Waals surface area contributed by atoms with Gasteiger partial charge in [-0.25, -0.2) is 0 Å². The van der Waals surface area contributed by atoms with Crippen LogP contribution in [0.25, 0.3) is 0 Å². The van der Waals surface area contributed by atoms with Crippen LogP contribution in [-0.4, -0.2) is 25.3 Å². The Kier molecular flexibility index (Phi) is 6.38. The van der Waals surface area contributed by atoms with E-state index in [1.807, 2.05) is 0 Å². The fourth-order valence-electron chi connectivity index (χ4n) is 1.70. The van der Waals surface area contributed by atoms with Gasteiger partial charge in [0.05, 0.1) is 12.7 Å². The molecule has 0 saturated carbocycles. The molecule has 0 saturated heterocycles. The second-order valence-corrected chi connectivity index (χ2v) is 5.19. The maximum Gasteiger partial charge on any atom is 0.0521 e. The quantitative estimate of drug-likeness (QED) is 0.684. The average molecular weight is 201 g/mol. The van der Waals surface area contributed by atoms with Crippen LogP contribution >= 0.6 is 0 Å². The molecule has 0 aliphatic carbocycles. The van der Waals surface area contributed by atoms with Crippen LogP contribution in [0.5, 0.6) is 0 Å². The lowest BCUT2D eigenvalue weighted by atomic mass is 9.87. The third kappa shape index (κ3) is 7.34. The summed E-state index contributed by atoms with van der Waals surface area (Å²) in [7, 11) is 0. The minimum atomic E-state index is 0.270. The highest BCUT2D eigenvalue weighted by atomic mass is 16.5. The van der Waals surface area contributed by atoms with Crippen molar-refractivity contribution in [2.45, 2.75) is 60.1 Å². The van der Waals surface area contributed by atoms with Gasteiger partial charge in [0, 0.05) is 6.04 Å². The van der Waals surface area contributed by atoms with Gasteiger partial charge < -0.3 is 10.1 Å². The normalized spacial score (nSPS) is 14.8. The van der Waals surface area contributed by atoms with Crippen LogP contribution in [-0.2, 0) is 4.74 Å². The maximum atomic E-state index is 5.66. The molecule has 0 radical (unpaired) electrons. The first-order chi connectivity index (χ1) is 6.37. The van der Waals surface area contributed by atoms with Crippen molar-refractivity contribution in [2.24, 2.45) is 5.41 Å². The number of ether oxygens (including phenoxy) is 1. The first-order valence-corrected chi connectivity index (χ1v) is 5.72. The number of hydrogen-bond donors (Lipinski definition) is 1. The smallest absolute Gasteiger partial charge is 0.0521 e. The number of rotatable bonds is 7. The molecule has 14 heavy (non-hydrogen) atoms. The Labute approximate surface area is 89.4 Å². The van der Waals surface area contributed by atoms with Gasteiger partial charge in [-0.05, 0) is 39.2 Å². The van der Waals surface area contributed by atoms with Crippen LogP contribution in [0.4, 0.5) is 0 Å². The predicted molar refractivity (Wildman–Crippen MR) is 62.6 cm³/mol. The van der Waals surface area contributed by atoms with E-state index in [1.54, 1.807) is 0 Å². The molecule has 0 spiro atoms. The van der Waals surface area contributed by atoms with Gasteiger partial charge in [0.25, 0.3) is 0 Å². The monoisotopic (exact) mass is 201 g/mol. The Hall–Kier alpha value is -0.0800. The van der Waals surface area contributed by atoms with Crippen molar-refractivity contribution in [3.8, 4) is 0 Å². The van der Waals surface area contributed by atoms with Crippen molar-refractivity contribution < 1.29 is 4.74 Å². The average Bonchev–Trinajstić information content (AvgIpc) is 2.00. The van der Waals surface area contributed by atoms with Gasteiger partial charge in [0.2, 0.25) is 0 Å². The third-order valence-corrected chi connectivity index (χ3v) is 2.22. The molecular formula is C12H27NO. The summed E-state index contributed by atoms with van der Waals surface area (Å²) in [6.45, 7) is 15.0. The van der Waals surface area contributed by atoms with E-state index in [0.717, 1.165) is 19.6 Å². The Morgan fingerprint density at radius 3 is 2.21 bits per heavy atom. The van der Waals surface area contributed by atoms with Crippen LogP contribution < -0.4 is 5.32 Å². The molecule has 86 valence electrons. The fourth-order valence-corrected chi connectivity index (χ4v) is 1.70. The summed E-state index contributed by atoms with van der Waals surface area (Å²) in [5.41, 5.74) is 0.270. The van der Waals surface area contributed by atoms with Crippen molar-refractivity contribution in [1.82, 2.24) is 5.32 Å². The van der Waals surface area contributed by atoms with E-state index in [2.05, 4.69) is 46.9 Å². The van der Waals surface area contributed by atoms with Gasteiger partial charge in [-0.2, -0.15) is 0 Å². The molecule has 0 aromatic heterocycles. The Balaban J connectivity index is 3.81. The van der Waals surface area contributed by atoms with Gasteiger partial charge in [-0.3, -0.25) is 0 Å². The minimum Gasteiger partial charge on any atom is -0.378 e. The zero-order valence-corrected chi connectivity index (χ0v) is 10.7. The molecule has 1 N–H and O–H groups in total. The number of nitrogens with one attached hydrogen (secondary N) is 1. The molecule has 0 heterocycles. The van der Waals surface area contributed by atoms with Gasteiger partial charge in [0.1, 0.15) is 0 Å². The molecule has 0 amide bonds. The zero-order chi connectivity index (χ0) is 11.2. The summed E-state index contributed by atoms with van der Waals surface area (Å²) >= 11 is 0. The standard InChI is InChI=1S/C12H27NO/c1-7-13-11(4)8-12(5,6)9-14-10(2)3/h10-11,13H,7-9H2,1-6H3. The van der Waals surface area contributed by atoms with E-state index in [1.165, 1.54) is 0 Å². The molecule has 0 aliphatic rings. The first kappa shape index (κ1) is 13.9. The number of hydrogen-bond acceptors (Lipinski definition) is 2. The summed E-state index contributed by atoms with van der Waals surface area (Å²) in [4.78, 5) is 0. The summed E-state index contributed by atoms with van der Waals surface area (Å²) in [5, 5.41) is 3.43. The van der Waals surface area contributed by atoms with Crippen LogP contribution in [0, 0.1) is 5.41 Å². The molecule has 0 aliphatic heterocycles. The van der Waals surface area contributed by atoms with Gasteiger partial charge in [-0.1, -0.05) is 20.8 Å². The molecule has 2 nitrogen and oxygen atoms in total. The van der Waals surface area contributed by atoms with Gasteiger partial charge in [0.15, 0.2) is 0 Å². The van der Waals surface area contributed by atoms with E-state index in [4.69, 9.17) is 4.74 Å². The van der Waals surface area contributed by atoms with Crippen molar-refractivity contribution in [3.63, 3.8) is 0 Å². The lowest BCUT2D eigenvalue weighted by Crippen LogP contribution is -2.33. The lowest BCUT2D eigenvalue weighted by Gasteiger charge is -2.29.